The molecule has 86 valence electrons. The fourth-order valence-corrected chi connectivity index (χ4v) is 1.44. The Kier molecular flexibility index (Phi) is 10.8. The maximum atomic E-state index is 12.4. The van der Waals surface area contributed by atoms with Crippen molar-refractivity contribution < 1.29 is 13.9 Å². The number of hydrogen-bond donors (Lipinski definition) is 1. The molecule has 0 radical (unpaired) electrons. The Labute approximate surface area is 85.5 Å². The van der Waals surface area contributed by atoms with Crippen molar-refractivity contribution in [1.29, 1.82) is 0 Å². The fourth-order valence-electron chi connectivity index (χ4n) is 1.44. The molecule has 14 heavy (non-hydrogen) atoms. The second-order valence-corrected chi connectivity index (χ2v) is 3.74. The molecule has 0 amide bonds. The molecule has 0 aromatic heterocycles. The maximum Gasteiger partial charge on any atom is 0.128 e. The van der Waals surface area contributed by atoms with Gasteiger partial charge in [-0.2, -0.15) is 0 Å². The van der Waals surface area contributed by atoms with E-state index in [0.717, 1.165) is 44.9 Å². The molecule has 0 unspecified atom stereocenters. The summed E-state index contributed by atoms with van der Waals surface area (Å²) >= 11 is 0. The van der Waals surface area contributed by atoms with Crippen LogP contribution in [0.1, 0.15) is 51.4 Å². The van der Waals surface area contributed by atoms with E-state index >= 15 is 0 Å². The van der Waals surface area contributed by atoms with E-state index in [4.69, 9.17) is 5.11 Å². The van der Waals surface area contributed by atoms with Crippen molar-refractivity contribution in [3.05, 3.63) is 0 Å². The highest BCUT2D eigenvalue weighted by Crippen LogP contribution is 2.11. The Balaban J connectivity index is 2.92. The molecule has 0 aliphatic heterocycles. The zero-order chi connectivity index (χ0) is 10.6. The van der Waals surface area contributed by atoms with Gasteiger partial charge in [-0.3, -0.25) is 0 Å². The molecule has 0 saturated carbocycles. The lowest BCUT2D eigenvalue weighted by Crippen LogP contribution is -2.01. The molecular weight excluding hydrogens is 186 g/mol. The van der Waals surface area contributed by atoms with E-state index in [2.05, 4.69) is 0 Å². The maximum absolute atomic E-state index is 12.4. The lowest BCUT2D eigenvalue weighted by atomic mass is 10.1. The molecule has 1 nitrogen and oxygen atoms in total. The highest BCUT2D eigenvalue weighted by Gasteiger charge is 2.03. The molecule has 0 aliphatic rings. The van der Waals surface area contributed by atoms with Crippen LogP contribution in [0, 0.1) is 0 Å². The molecule has 0 spiro atoms. The molecule has 0 fully saturated rings. The number of halogens is 2. The monoisotopic (exact) mass is 208 g/mol. The largest absolute Gasteiger partial charge is 0.396 e. The number of unbranched alkanes of at least 4 members (excludes halogenated alkanes) is 6. The summed E-state index contributed by atoms with van der Waals surface area (Å²) in [5.41, 5.74) is 0. The van der Waals surface area contributed by atoms with Crippen LogP contribution >= 0.6 is 0 Å². The Bertz CT molecular complexity index is 109. The minimum atomic E-state index is -1.25. The quantitative estimate of drug-likeness (QED) is 0.545. The van der Waals surface area contributed by atoms with E-state index in [1.54, 1.807) is 0 Å². The number of aliphatic hydroxyl groups excluding tert-OH is 1. The van der Waals surface area contributed by atoms with Crippen molar-refractivity contribution in [2.75, 3.05) is 13.3 Å². The van der Waals surface area contributed by atoms with E-state index in [0.29, 0.717) is 6.42 Å². The molecular formula is C11H22F2O. The van der Waals surface area contributed by atoms with Gasteiger partial charge in [-0.1, -0.05) is 38.5 Å². The predicted molar refractivity (Wildman–Crippen MR) is 54.9 cm³/mol. The zero-order valence-corrected chi connectivity index (χ0v) is 8.85. The van der Waals surface area contributed by atoms with Crippen LogP contribution in [-0.2, 0) is 0 Å². The Morgan fingerprint density at radius 3 is 1.86 bits per heavy atom. The molecule has 0 aromatic carbocycles. The third kappa shape index (κ3) is 9.90. The van der Waals surface area contributed by atoms with E-state index in [9.17, 15) is 8.78 Å². The summed E-state index contributed by atoms with van der Waals surface area (Å²) in [7, 11) is 0. The molecule has 3 heteroatoms. The first-order valence-electron chi connectivity index (χ1n) is 5.62. The van der Waals surface area contributed by atoms with Gasteiger partial charge in [0.05, 0.1) is 0 Å². The van der Waals surface area contributed by atoms with Crippen LogP contribution in [0.4, 0.5) is 8.78 Å². The Morgan fingerprint density at radius 2 is 1.36 bits per heavy atom. The number of aliphatic hydroxyl groups is 1. The minimum Gasteiger partial charge on any atom is -0.396 e. The first kappa shape index (κ1) is 13.8. The van der Waals surface area contributed by atoms with Crippen molar-refractivity contribution in [3.8, 4) is 0 Å². The lowest BCUT2D eigenvalue weighted by Gasteiger charge is -2.03. The first-order chi connectivity index (χ1) is 6.81. The van der Waals surface area contributed by atoms with Crippen LogP contribution in [0.5, 0.6) is 0 Å². The topological polar surface area (TPSA) is 20.2 Å². The average Bonchev–Trinajstić information content (AvgIpc) is 2.21. The summed E-state index contributed by atoms with van der Waals surface area (Å²) in [4.78, 5) is 0. The first-order valence-corrected chi connectivity index (χ1v) is 5.62. The van der Waals surface area contributed by atoms with Gasteiger partial charge in [0.15, 0.2) is 0 Å². The second kappa shape index (κ2) is 10.9. The third-order valence-corrected chi connectivity index (χ3v) is 2.34. The van der Waals surface area contributed by atoms with Crippen LogP contribution in [0.15, 0.2) is 0 Å². The number of alkyl halides is 2. The molecule has 0 rings (SSSR count). The summed E-state index contributed by atoms with van der Waals surface area (Å²) in [5, 5.41) is 8.52. The summed E-state index contributed by atoms with van der Waals surface area (Å²) in [6.07, 6.45) is 6.27. The van der Waals surface area contributed by atoms with Gasteiger partial charge in [-0.15, -0.1) is 0 Å². The van der Waals surface area contributed by atoms with Gasteiger partial charge >= 0.3 is 0 Å². The van der Waals surface area contributed by atoms with Crippen LogP contribution < -0.4 is 0 Å². The summed E-state index contributed by atoms with van der Waals surface area (Å²) in [6, 6.07) is 0. The van der Waals surface area contributed by atoms with Crippen LogP contribution in [0.2, 0.25) is 0 Å². The predicted octanol–water partition coefficient (Wildman–Crippen LogP) is 3.41. The van der Waals surface area contributed by atoms with E-state index in [-0.39, 0.29) is 6.61 Å². The van der Waals surface area contributed by atoms with Gasteiger partial charge in [-0.25, -0.2) is 8.78 Å². The molecule has 0 aromatic rings. The standard InChI is InChI=1S/C11H22F2O/c12-10-11(13)8-6-4-2-1-3-5-7-9-14/h11,14H,1-10H2/t11-/m0/s1. The molecule has 0 bridgehead atoms. The van der Waals surface area contributed by atoms with Gasteiger partial charge in [0.1, 0.15) is 12.8 Å². The minimum absolute atomic E-state index is 0.278. The molecule has 1 atom stereocenters. The third-order valence-electron chi connectivity index (χ3n) is 2.34. The molecule has 0 saturated heterocycles. The van der Waals surface area contributed by atoms with Crippen LogP contribution in [-0.4, -0.2) is 24.6 Å². The van der Waals surface area contributed by atoms with Crippen molar-refractivity contribution in [3.63, 3.8) is 0 Å². The highest BCUT2D eigenvalue weighted by molar-refractivity contribution is 4.54. The van der Waals surface area contributed by atoms with E-state index in [1.165, 1.54) is 0 Å². The van der Waals surface area contributed by atoms with E-state index in [1.807, 2.05) is 0 Å². The molecule has 0 aliphatic carbocycles. The summed E-state index contributed by atoms with van der Waals surface area (Å²) in [6.45, 7) is -0.559. The normalized spacial score (nSPS) is 13.1. The van der Waals surface area contributed by atoms with Crippen molar-refractivity contribution in [2.24, 2.45) is 0 Å². The Morgan fingerprint density at radius 1 is 0.857 bits per heavy atom. The van der Waals surface area contributed by atoms with Gasteiger partial charge in [0.2, 0.25) is 0 Å². The highest BCUT2D eigenvalue weighted by atomic mass is 19.2. The zero-order valence-electron chi connectivity index (χ0n) is 8.85. The van der Waals surface area contributed by atoms with Crippen molar-refractivity contribution >= 4 is 0 Å². The molecule has 0 heterocycles. The van der Waals surface area contributed by atoms with E-state index < -0.39 is 12.8 Å². The smallest absolute Gasteiger partial charge is 0.128 e. The van der Waals surface area contributed by atoms with Crippen molar-refractivity contribution in [1.82, 2.24) is 0 Å². The van der Waals surface area contributed by atoms with Crippen LogP contribution in [0.3, 0.4) is 0 Å². The van der Waals surface area contributed by atoms with Crippen molar-refractivity contribution in [2.45, 2.75) is 57.5 Å². The van der Waals surface area contributed by atoms with Gasteiger partial charge in [0.25, 0.3) is 0 Å². The molecule has 1 N–H and O–H groups in total. The van der Waals surface area contributed by atoms with Crippen LogP contribution in [0.25, 0.3) is 0 Å². The lowest BCUT2D eigenvalue weighted by molar-refractivity contribution is 0.241. The van der Waals surface area contributed by atoms with Gasteiger partial charge in [-0.05, 0) is 12.8 Å². The average molecular weight is 208 g/mol. The van der Waals surface area contributed by atoms with Gasteiger partial charge < -0.3 is 5.11 Å². The number of hydrogen-bond acceptors (Lipinski definition) is 1. The summed E-state index contributed by atoms with van der Waals surface area (Å²) < 4.78 is 24.1. The SMILES string of the molecule is OCCCCCCCCC[C@H](F)CF. The second-order valence-electron chi connectivity index (χ2n) is 3.74. The Hall–Kier alpha value is -0.180. The number of rotatable bonds is 10. The van der Waals surface area contributed by atoms with Gasteiger partial charge in [0, 0.05) is 6.61 Å². The summed E-state index contributed by atoms with van der Waals surface area (Å²) in [5.74, 6) is 0. The fraction of sp³-hybridized carbons (Fsp3) is 1.00.